The van der Waals surface area contributed by atoms with Crippen LogP contribution in [0.3, 0.4) is 0 Å². The summed E-state index contributed by atoms with van der Waals surface area (Å²) in [6.07, 6.45) is 0. The van der Waals surface area contributed by atoms with E-state index in [1.54, 1.807) is 0 Å². The molecular formula is C43H30N2. The summed E-state index contributed by atoms with van der Waals surface area (Å²) < 4.78 is 4.96. The number of aromatic nitrogens is 2. The molecule has 0 bridgehead atoms. The molecule has 2 heteroatoms. The predicted octanol–water partition coefficient (Wildman–Crippen LogP) is 11.3. The molecule has 212 valence electrons. The van der Waals surface area contributed by atoms with Crippen molar-refractivity contribution in [1.29, 1.82) is 0 Å². The third-order valence-corrected chi connectivity index (χ3v) is 10.3. The van der Waals surface area contributed by atoms with E-state index in [1.807, 2.05) is 0 Å². The van der Waals surface area contributed by atoms with Crippen LogP contribution in [-0.4, -0.2) is 9.13 Å². The van der Waals surface area contributed by atoms with Crippen LogP contribution in [0.25, 0.3) is 76.9 Å². The second-order valence-corrected chi connectivity index (χ2v) is 13.0. The lowest BCUT2D eigenvalue weighted by molar-refractivity contribution is 0.659. The average Bonchev–Trinajstić information content (AvgIpc) is 3.68. The molecule has 0 saturated carbocycles. The zero-order valence-electron chi connectivity index (χ0n) is 25.3. The molecule has 10 rings (SSSR count). The summed E-state index contributed by atoms with van der Waals surface area (Å²) in [4.78, 5) is 0. The monoisotopic (exact) mass is 574 g/mol. The molecule has 1 aliphatic carbocycles. The Labute approximate surface area is 261 Å². The topological polar surface area (TPSA) is 9.86 Å². The summed E-state index contributed by atoms with van der Waals surface area (Å²) >= 11 is 0. The largest absolute Gasteiger partial charge is 0.309 e. The van der Waals surface area contributed by atoms with E-state index in [-0.39, 0.29) is 5.41 Å². The Morgan fingerprint density at radius 3 is 1.76 bits per heavy atom. The smallest absolute Gasteiger partial charge is 0.0619 e. The predicted molar refractivity (Wildman–Crippen MR) is 190 cm³/mol. The lowest BCUT2D eigenvalue weighted by Gasteiger charge is -2.22. The van der Waals surface area contributed by atoms with Crippen molar-refractivity contribution in [3.05, 3.63) is 157 Å². The van der Waals surface area contributed by atoms with Crippen molar-refractivity contribution >= 4 is 54.4 Å². The Morgan fingerprint density at radius 2 is 1.04 bits per heavy atom. The van der Waals surface area contributed by atoms with Gasteiger partial charge in [0, 0.05) is 43.6 Å². The van der Waals surface area contributed by atoms with Crippen LogP contribution in [0.15, 0.2) is 146 Å². The van der Waals surface area contributed by atoms with E-state index in [4.69, 9.17) is 0 Å². The molecule has 1 aliphatic rings. The molecule has 2 nitrogen and oxygen atoms in total. The Morgan fingerprint density at radius 1 is 0.444 bits per heavy atom. The van der Waals surface area contributed by atoms with Gasteiger partial charge in [0.1, 0.15) is 0 Å². The van der Waals surface area contributed by atoms with Gasteiger partial charge in [-0.25, -0.2) is 0 Å². The van der Waals surface area contributed by atoms with E-state index < -0.39 is 0 Å². The number of fused-ring (bicyclic) bond motifs is 11. The van der Waals surface area contributed by atoms with E-state index in [0.29, 0.717) is 0 Å². The number of para-hydroxylation sites is 3. The zero-order valence-corrected chi connectivity index (χ0v) is 25.3. The summed E-state index contributed by atoms with van der Waals surface area (Å²) in [6.45, 7) is 4.77. The Hall–Kier alpha value is -5.60. The van der Waals surface area contributed by atoms with Gasteiger partial charge in [-0.3, -0.25) is 0 Å². The molecule has 9 aromatic rings. The summed E-state index contributed by atoms with van der Waals surface area (Å²) in [5, 5.41) is 7.70. The van der Waals surface area contributed by atoms with Gasteiger partial charge < -0.3 is 9.13 Å². The lowest BCUT2D eigenvalue weighted by atomic mass is 9.82. The Balaban J connectivity index is 1.28. The van der Waals surface area contributed by atoms with Crippen LogP contribution in [-0.2, 0) is 5.41 Å². The first-order chi connectivity index (χ1) is 22.1. The van der Waals surface area contributed by atoms with Gasteiger partial charge in [0.15, 0.2) is 0 Å². The first-order valence-corrected chi connectivity index (χ1v) is 15.8. The SMILES string of the molecule is CC1(C)c2cc(-n3c4ccccc4c4ccccc43)ccc2-c2c(-n3c4ccccc4c4ccc5ccccc5c43)cccc21. The van der Waals surface area contributed by atoms with Gasteiger partial charge in [-0.2, -0.15) is 0 Å². The molecule has 2 heterocycles. The maximum atomic E-state index is 2.53. The van der Waals surface area contributed by atoms with Gasteiger partial charge in [0.05, 0.1) is 27.8 Å². The molecule has 0 unspecified atom stereocenters. The first kappa shape index (κ1) is 24.8. The Kier molecular flexibility index (Phi) is 4.82. The molecule has 45 heavy (non-hydrogen) atoms. The summed E-state index contributed by atoms with van der Waals surface area (Å²) in [5.41, 5.74) is 12.7. The average molecular weight is 575 g/mol. The standard InChI is InChI=1S/C43H30N2/c1-43(2)35-17-11-21-40(45-39-20-10-7-16-32(39)33-24-22-27-12-3-4-13-29(27)42(33)45)41(35)34-25-23-28(26-36(34)43)44-37-18-8-5-14-30(37)31-15-6-9-19-38(31)44/h3-26H,1-2H3. The summed E-state index contributed by atoms with van der Waals surface area (Å²) in [7, 11) is 0. The Bertz CT molecular complexity index is 2630. The van der Waals surface area contributed by atoms with Crippen molar-refractivity contribution in [2.24, 2.45) is 0 Å². The number of hydrogen-bond donors (Lipinski definition) is 0. The minimum Gasteiger partial charge on any atom is -0.309 e. The minimum atomic E-state index is -0.156. The quantitative estimate of drug-likeness (QED) is 0.194. The molecule has 0 fully saturated rings. The number of nitrogens with zero attached hydrogens (tertiary/aromatic N) is 2. The molecule has 0 spiro atoms. The molecule has 0 radical (unpaired) electrons. The van der Waals surface area contributed by atoms with Gasteiger partial charge in [-0.05, 0) is 58.5 Å². The van der Waals surface area contributed by atoms with Crippen molar-refractivity contribution in [3.63, 3.8) is 0 Å². The second-order valence-electron chi connectivity index (χ2n) is 13.0. The van der Waals surface area contributed by atoms with Crippen LogP contribution in [0.2, 0.25) is 0 Å². The highest BCUT2D eigenvalue weighted by Gasteiger charge is 2.38. The van der Waals surface area contributed by atoms with Crippen molar-refractivity contribution in [2.45, 2.75) is 19.3 Å². The fraction of sp³-hybridized carbons (Fsp3) is 0.0698. The van der Waals surface area contributed by atoms with E-state index in [2.05, 4.69) is 169 Å². The van der Waals surface area contributed by atoms with Gasteiger partial charge >= 0.3 is 0 Å². The number of hydrogen-bond acceptors (Lipinski definition) is 0. The third kappa shape index (κ3) is 3.18. The fourth-order valence-corrected chi connectivity index (χ4v) is 8.26. The van der Waals surface area contributed by atoms with Crippen LogP contribution in [0.5, 0.6) is 0 Å². The zero-order chi connectivity index (χ0) is 29.9. The fourth-order valence-electron chi connectivity index (χ4n) is 8.26. The second kappa shape index (κ2) is 8.74. The van der Waals surface area contributed by atoms with E-state index in [1.165, 1.54) is 88.0 Å². The highest BCUT2D eigenvalue weighted by atomic mass is 15.0. The van der Waals surface area contributed by atoms with Gasteiger partial charge in [-0.1, -0.05) is 123 Å². The summed E-state index contributed by atoms with van der Waals surface area (Å²) in [6, 6.07) is 53.8. The highest BCUT2D eigenvalue weighted by molar-refractivity contribution is 6.19. The summed E-state index contributed by atoms with van der Waals surface area (Å²) in [5.74, 6) is 0. The molecule has 0 saturated heterocycles. The molecule has 0 aliphatic heterocycles. The molecule has 0 atom stereocenters. The normalized spacial score (nSPS) is 13.7. The molecule has 7 aromatic carbocycles. The van der Waals surface area contributed by atoms with E-state index >= 15 is 0 Å². The number of rotatable bonds is 2. The van der Waals surface area contributed by atoms with Crippen LogP contribution >= 0.6 is 0 Å². The maximum absolute atomic E-state index is 2.53. The molecule has 0 amide bonds. The third-order valence-electron chi connectivity index (χ3n) is 10.3. The first-order valence-electron chi connectivity index (χ1n) is 15.8. The van der Waals surface area contributed by atoms with Crippen molar-refractivity contribution < 1.29 is 0 Å². The van der Waals surface area contributed by atoms with Gasteiger partial charge in [0.2, 0.25) is 0 Å². The van der Waals surface area contributed by atoms with Crippen LogP contribution in [0.1, 0.15) is 25.0 Å². The van der Waals surface area contributed by atoms with Gasteiger partial charge in [0.25, 0.3) is 0 Å². The highest BCUT2D eigenvalue weighted by Crippen LogP contribution is 2.53. The van der Waals surface area contributed by atoms with E-state index in [0.717, 1.165) is 0 Å². The van der Waals surface area contributed by atoms with Crippen molar-refractivity contribution in [1.82, 2.24) is 9.13 Å². The molecule has 0 N–H and O–H groups in total. The molecule has 2 aromatic heterocycles. The van der Waals surface area contributed by atoms with Crippen LogP contribution in [0, 0.1) is 0 Å². The van der Waals surface area contributed by atoms with Gasteiger partial charge in [-0.15, -0.1) is 0 Å². The van der Waals surface area contributed by atoms with Crippen LogP contribution < -0.4 is 0 Å². The van der Waals surface area contributed by atoms with Crippen LogP contribution in [0.4, 0.5) is 0 Å². The van der Waals surface area contributed by atoms with E-state index in [9.17, 15) is 0 Å². The minimum absolute atomic E-state index is 0.156. The number of benzene rings is 7. The molecular weight excluding hydrogens is 544 g/mol. The maximum Gasteiger partial charge on any atom is 0.0619 e. The van der Waals surface area contributed by atoms with Crippen molar-refractivity contribution in [2.75, 3.05) is 0 Å². The lowest BCUT2D eigenvalue weighted by Crippen LogP contribution is -2.15. The van der Waals surface area contributed by atoms with Crippen molar-refractivity contribution in [3.8, 4) is 22.5 Å².